The Kier molecular flexibility index (Phi) is 4.26. The minimum absolute atomic E-state index is 0.0467. The number of carbonyl (C=O) groups excluding carboxylic acids is 1. The number of halogens is 2. The Morgan fingerprint density at radius 3 is 2.64 bits per heavy atom. The van der Waals surface area contributed by atoms with Crippen LogP contribution >= 0.6 is 34.2 Å². The van der Waals surface area contributed by atoms with Crippen molar-refractivity contribution in [3.63, 3.8) is 0 Å². The third kappa shape index (κ3) is 3.05. The summed E-state index contributed by atoms with van der Waals surface area (Å²) in [5.41, 5.74) is 0.859. The van der Waals surface area contributed by atoms with Gasteiger partial charge < -0.3 is 0 Å². The molecule has 4 nitrogen and oxygen atoms in total. The van der Waals surface area contributed by atoms with Crippen LogP contribution in [0.15, 0.2) is 53.6 Å². The number of benzene rings is 2. The Hall–Kier alpha value is -1.73. The van der Waals surface area contributed by atoms with Crippen molar-refractivity contribution in [3.8, 4) is 0 Å². The summed E-state index contributed by atoms with van der Waals surface area (Å²) in [6.07, 6.45) is 1.39. The highest BCUT2D eigenvalue weighted by molar-refractivity contribution is 14.1. The van der Waals surface area contributed by atoms with Crippen LogP contribution in [0.25, 0.3) is 10.9 Å². The zero-order valence-electron chi connectivity index (χ0n) is 11.3. The van der Waals surface area contributed by atoms with Gasteiger partial charge in [-0.2, -0.15) is 0 Å². The second kappa shape index (κ2) is 6.18. The van der Waals surface area contributed by atoms with Gasteiger partial charge in [-0.1, -0.05) is 23.7 Å². The maximum Gasteiger partial charge on any atom is 0.261 e. The minimum atomic E-state index is -0.272. The molecule has 0 aliphatic carbocycles. The molecule has 0 spiro atoms. The molecule has 0 aliphatic rings. The fourth-order valence-electron chi connectivity index (χ4n) is 2.13. The number of hydrogen-bond donors (Lipinski definition) is 0. The topological polar surface area (TPSA) is 52.0 Å². The summed E-state index contributed by atoms with van der Waals surface area (Å²) in [6, 6.07) is 12.1. The van der Waals surface area contributed by atoms with Gasteiger partial charge >= 0.3 is 0 Å². The Morgan fingerprint density at radius 2 is 1.91 bits per heavy atom. The molecule has 0 saturated carbocycles. The van der Waals surface area contributed by atoms with E-state index in [0.717, 1.165) is 3.57 Å². The molecular formula is C16H10ClIN2O2. The van der Waals surface area contributed by atoms with Gasteiger partial charge in [-0.25, -0.2) is 4.98 Å². The molecule has 0 bridgehead atoms. The second-order valence-corrected chi connectivity index (χ2v) is 6.45. The first kappa shape index (κ1) is 15.2. The lowest BCUT2D eigenvalue weighted by Gasteiger charge is -2.06. The standard InChI is InChI=1S/C16H10ClIN2O2/c17-11-3-6-14-13(7-11)16(22)20(9-19-14)8-15(21)10-1-4-12(18)5-2-10/h1-7,9H,8H2. The van der Waals surface area contributed by atoms with E-state index >= 15 is 0 Å². The fourth-order valence-corrected chi connectivity index (χ4v) is 2.66. The summed E-state index contributed by atoms with van der Waals surface area (Å²) in [5.74, 6) is -0.137. The van der Waals surface area contributed by atoms with E-state index in [9.17, 15) is 9.59 Å². The Bertz CT molecular complexity index is 920. The van der Waals surface area contributed by atoms with E-state index in [2.05, 4.69) is 27.6 Å². The van der Waals surface area contributed by atoms with Crippen LogP contribution in [0.5, 0.6) is 0 Å². The van der Waals surface area contributed by atoms with Gasteiger partial charge in [0.25, 0.3) is 5.56 Å². The fraction of sp³-hybridized carbons (Fsp3) is 0.0625. The van der Waals surface area contributed by atoms with Crippen molar-refractivity contribution >= 4 is 50.9 Å². The molecular weight excluding hydrogens is 415 g/mol. The number of hydrogen-bond acceptors (Lipinski definition) is 3. The maximum atomic E-state index is 12.4. The Labute approximate surface area is 144 Å². The molecule has 6 heteroatoms. The van der Waals surface area contributed by atoms with Gasteiger partial charge in [0.05, 0.1) is 23.8 Å². The minimum Gasteiger partial charge on any atom is -0.292 e. The van der Waals surface area contributed by atoms with Gasteiger partial charge in [0.15, 0.2) is 5.78 Å². The zero-order valence-corrected chi connectivity index (χ0v) is 14.2. The van der Waals surface area contributed by atoms with Crippen LogP contribution in [-0.4, -0.2) is 15.3 Å². The molecule has 3 aromatic rings. The van der Waals surface area contributed by atoms with E-state index < -0.39 is 0 Å². The summed E-state index contributed by atoms with van der Waals surface area (Å²) >= 11 is 8.09. The van der Waals surface area contributed by atoms with Gasteiger partial charge in [-0.15, -0.1) is 0 Å². The molecule has 2 aromatic carbocycles. The lowest BCUT2D eigenvalue weighted by molar-refractivity contribution is 0.0970. The lowest BCUT2D eigenvalue weighted by Crippen LogP contribution is -2.24. The Morgan fingerprint density at radius 1 is 1.18 bits per heavy atom. The molecule has 0 fully saturated rings. The van der Waals surface area contributed by atoms with Crippen LogP contribution < -0.4 is 5.56 Å². The van der Waals surface area contributed by atoms with Gasteiger partial charge in [0.1, 0.15) is 0 Å². The molecule has 0 atom stereocenters. The van der Waals surface area contributed by atoms with Gasteiger partial charge in [-0.05, 0) is 52.9 Å². The predicted octanol–water partition coefficient (Wildman–Crippen LogP) is 3.54. The van der Waals surface area contributed by atoms with E-state index in [1.807, 2.05) is 12.1 Å². The molecule has 0 radical (unpaired) electrons. The average molecular weight is 425 g/mol. The molecule has 0 saturated heterocycles. The first-order valence-electron chi connectivity index (χ1n) is 6.48. The normalized spacial score (nSPS) is 10.8. The molecule has 3 rings (SSSR count). The van der Waals surface area contributed by atoms with Crippen LogP contribution in [0.3, 0.4) is 0 Å². The summed E-state index contributed by atoms with van der Waals surface area (Å²) in [7, 11) is 0. The summed E-state index contributed by atoms with van der Waals surface area (Å²) in [6.45, 7) is -0.0467. The Balaban J connectivity index is 1.97. The first-order chi connectivity index (χ1) is 10.5. The smallest absolute Gasteiger partial charge is 0.261 e. The number of Topliss-reactive ketones (excluding diaryl/α,β-unsaturated/α-hetero) is 1. The van der Waals surface area contributed by atoms with E-state index in [4.69, 9.17) is 11.6 Å². The maximum absolute atomic E-state index is 12.4. The number of carbonyl (C=O) groups is 1. The number of fused-ring (bicyclic) bond motifs is 1. The van der Waals surface area contributed by atoms with Crippen LogP contribution in [0, 0.1) is 3.57 Å². The van der Waals surface area contributed by atoms with Crippen molar-refractivity contribution in [2.45, 2.75) is 6.54 Å². The highest BCUT2D eigenvalue weighted by atomic mass is 127. The quantitative estimate of drug-likeness (QED) is 0.477. The number of ketones is 1. The van der Waals surface area contributed by atoms with Gasteiger partial charge in [-0.3, -0.25) is 14.2 Å². The van der Waals surface area contributed by atoms with Gasteiger partial charge in [0.2, 0.25) is 0 Å². The highest BCUT2D eigenvalue weighted by Gasteiger charge is 2.10. The van der Waals surface area contributed by atoms with Gasteiger partial charge in [0, 0.05) is 14.2 Å². The van der Waals surface area contributed by atoms with Crippen LogP contribution in [0.1, 0.15) is 10.4 Å². The van der Waals surface area contributed by atoms with Crippen molar-refractivity contribution in [1.82, 2.24) is 9.55 Å². The lowest BCUT2D eigenvalue weighted by atomic mass is 10.1. The first-order valence-corrected chi connectivity index (χ1v) is 7.94. The molecule has 0 unspecified atom stereocenters. The van der Waals surface area contributed by atoms with Crippen molar-refractivity contribution in [3.05, 3.63) is 73.3 Å². The second-order valence-electron chi connectivity index (χ2n) is 4.77. The molecule has 0 N–H and O–H groups in total. The van der Waals surface area contributed by atoms with Crippen LogP contribution in [0.4, 0.5) is 0 Å². The summed E-state index contributed by atoms with van der Waals surface area (Å²) in [5, 5.41) is 0.874. The number of aromatic nitrogens is 2. The van der Waals surface area contributed by atoms with Crippen molar-refractivity contribution < 1.29 is 4.79 Å². The van der Waals surface area contributed by atoms with E-state index in [-0.39, 0.29) is 17.9 Å². The van der Waals surface area contributed by atoms with E-state index in [1.165, 1.54) is 10.9 Å². The summed E-state index contributed by atoms with van der Waals surface area (Å²) in [4.78, 5) is 28.9. The largest absolute Gasteiger partial charge is 0.292 e. The van der Waals surface area contributed by atoms with E-state index in [0.29, 0.717) is 21.5 Å². The third-order valence-corrected chi connectivity index (χ3v) is 4.22. The van der Waals surface area contributed by atoms with Crippen molar-refractivity contribution in [2.24, 2.45) is 0 Å². The highest BCUT2D eigenvalue weighted by Crippen LogP contribution is 2.14. The summed E-state index contributed by atoms with van der Waals surface area (Å²) < 4.78 is 2.35. The molecule has 0 amide bonds. The molecule has 1 heterocycles. The molecule has 22 heavy (non-hydrogen) atoms. The van der Waals surface area contributed by atoms with E-state index in [1.54, 1.807) is 30.3 Å². The average Bonchev–Trinajstić information content (AvgIpc) is 2.51. The van der Waals surface area contributed by atoms with Crippen LogP contribution in [-0.2, 0) is 6.54 Å². The molecule has 1 aromatic heterocycles. The molecule has 110 valence electrons. The van der Waals surface area contributed by atoms with Crippen molar-refractivity contribution in [1.29, 1.82) is 0 Å². The SMILES string of the molecule is O=C(Cn1cnc2ccc(Cl)cc2c1=O)c1ccc(I)cc1. The predicted molar refractivity (Wildman–Crippen MR) is 94.5 cm³/mol. The number of nitrogens with zero attached hydrogens (tertiary/aromatic N) is 2. The monoisotopic (exact) mass is 424 g/mol. The van der Waals surface area contributed by atoms with Crippen molar-refractivity contribution in [2.75, 3.05) is 0 Å². The van der Waals surface area contributed by atoms with Crippen LogP contribution in [0.2, 0.25) is 5.02 Å². The molecule has 0 aliphatic heterocycles. The zero-order chi connectivity index (χ0) is 15.7. The number of rotatable bonds is 3. The third-order valence-electron chi connectivity index (χ3n) is 3.27.